The molecule has 26 heavy (non-hydrogen) atoms. The molecule has 0 rings (SSSR count). The molecule has 0 aromatic carbocycles. The molecule has 0 saturated carbocycles. The maximum absolute atomic E-state index is 9.16. The molecule has 0 radical (unpaired) electrons. The molecule has 0 aromatic rings. The minimum Gasteiger partial charge on any atom is -0.380 e. The van der Waals surface area contributed by atoms with Gasteiger partial charge in [-0.25, -0.2) is 10.4 Å². The van der Waals surface area contributed by atoms with Crippen molar-refractivity contribution >= 4 is 21.6 Å². The van der Waals surface area contributed by atoms with Crippen LogP contribution < -0.4 is 5.48 Å². The highest BCUT2D eigenvalue weighted by Crippen LogP contribution is 2.25. The van der Waals surface area contributed by atoms with Gasteiger partial charge in [-0.3, -0.25) is 5.26 Å². The third-order valence-corrected chi connectivity index (χ3v) is 6.41. The lowest BCUT2D eigenvalue weighted by molar-refractivity contribution is -0.302. The van der Waals surface area contributed by atoms with Gasteiger partial charge in [-0.05, 0) is 17.3 Å². The summed E-state index contributed by atoms with van der Waals surface area (Å²) in [5.41, 5.74) is 2.29. The Balaban J connectivity index is 3.44. The molecule has 0 aromatic heterocycles. The van der Waals surface area contributed by atoms with Crippen LogP contribution in [0.25, 0.3) is 0 Å². The molecule has 2 unspecified atom stereocenters. The molecular weight excluding hydrogens is 374 g/mol. The Morgan fingerprint density at radius 2 is 1.31 bits per heavy atom. The summed E-state index contributed by atoms with van der Waals surface area (Å²) in [5.74, 6) is 1.85. The maximum Gasteiger partial charge on any atom is 0.0997 e. The van der Waals surface area contributed by atoms with E-state index in [4.69, 9.17) is 19.9 Å². The minimum absolute atomic E-state index is 0.0128. The molecule has 6 nitrogen and oxygen atoms in total. The van der Waals surface area contributed by atoms with E-state index in [1.54, 1.807) is 21.6 Å². The first-order valence-electron chi connectivity index (χ1n) is 9.22. The van der Waals surface area contributed by atoms with Crippen LogP contribution in [-0.2, 0) is 14.4 Å². The van der Waals surface area contributed by atoms with Crippen LogP contribution in [0.3, 0.4) is 0 Å². The fraction of sp³-hybridized carbons (Fsp3) is 1.00. The number of ether oxygens (including phenoxy) is 2. The van der Waals surface area contributed by atoms with E-state index in [-0.39, 0.29) is 23.0 Å². The zero-order chi connectivity index (χ0) is 20.1. The highest BCUT2D eigenvalue weighted by atomic mass is 33.1. The summed E-state index contributed by atoms with van der Waals surface area (Å²) >= 11 is 0. The molecule has 8 heteroatoms. The minimum atomic E-state index is -0.208. The topological polar surface area (TPSA) is 80.2 Å². The summed E-state index contributed by atoms with van der Waals surface area (Å²) in [6, 6.07) is 0.0378. The highest BCUT2D eigenvalue weighted by Gasteiger charge is 2.25. The van der Waals surface area contributed by atoms with Crippen LogP contribution in [0.5, 0.6) is 0 Å². The Morgan fingerprint density at radius 1 is 0.808 bits per heavy atom. The van der Waals surface area contributed by atoms with Gasteiger partial charge in [0.05, 0.1) is 19.3 Å². The lowest BCUT2D eigenvalue weighted by Gasteiger charge is -2.29. The van der Waals surface area contributed by atoms with Crippen LogP contribution in [-0.4, -0.2) is 60.5 Å². The number of hydroxylamine groups is 1. The van der Waals surface area contributed by atoms with Gasteiger partial charge in [-0.1, -0.05) is 63.1 Å². The van der Waals surface area contributed by atoms with E-state index in [2.05, 4.69) is 31.1 Å². The fourth-order valence-corrected chi connectivity index (χ4v) is 3.96. The largest absolute Gasteiger partial charge is 0.380 e. The van der Waals surface area contributed by atoms with Crippen molar-refractivity contribution in [3.05, 3.63) is 0 Å². The monoisotopic (exact) mass is 413 g/mol. The molecule has 0 aliphatic rings. The average molecular weight is 414 g/mol. The lowest BCUT2D eigenvalue weighted by atomic mass is 9.85. The Bertz CT molecular complexity index is 303. The molecule has 158 valence electrons. The Hall–Kier alpha value is 0.460. The summed E-state index contributed by atoms with van der Waals surface area (Å²) in [7, 11) is 3.55. The van der Waals surface area contributed by atoms with Gasteiger partial charge in [0.25, 0.3) is 0 Å². The van der Waals surface area contributed by atoms with Gasteiger partial charge in [0.1, 0.15) is 0 Å². The second-order valence-corrected chi connectivity index (χ2v) is 11.2. The van der Waals surface area contributed by atoms with E-state index in [9.17, 15) is 0 Å². The van der Waals surface area contributed by atoms with Gasteiger partial charge in [0, 0.05) is 37.2 Å². The van der Waals surface area contributed by atoms with Gasteiger partial charge < -0.3 is 14.7 Å². The molecule has 0 bridgehead atoms. The predicted octanol–water partition coefficient (Wildman–Crippen LogP) is 4.48. The van der Waals surface area contributed by atoms with E-state index >= 15 is 0 Å². The molecule has 0 amide bonds. The Labute approximate surface area is 167 Å². The van der Waals surface area contributed by atoms with Gasteiger partial charge >= 0.3 is 0 Å². The van der Waals surface area contributed by atoms with Crippen LogP contribution >= 0.6 is 21.6 Å². The molecule has 3 N–H and O–H groups in total. The van der Waals surface area contributed by atoms with Crippen molar-refractivity contribution in [2.45, 2.75) is 66.5 Å². The normalized spacial score (nSPS) is 15.2. The van der Waals surface area contributed by atoms with E-state index in [0.29, 0.717) is 32.8 Å². The highest BCUT2D eigenvalue weighted by molar-refractivity contribution is 8.76. The van der Waals surface area contributed by atoms with Crippen LogP contribution in [0.1, 0.15) is 54.4 Å². The van der Waals surface area contributed by atoms with Gasteiger partial charge in [0.15, 0.2) is 0 Å². The van der Waals surface area contributed by atoms with Crippen molar-refractivity contribution in [2.24, 2.45) is 10.8 Å². The molecule has 0 fully saturated rings. The van der Waals surface area contributed by atoms with Crippen molar-refractivity contribution in [3.8, 4) is 0 Å². The lowest BCUT2D eigenvalue weighted by Crippen LogP contribution is -2.39. The zero-order valence-corrected chi connectivity index (χ0v) is 18.9. The summed E-state index contributed by atoms with van der Waals surface area (Å²) in [4.78, 5) is 4.53. The molecule has 0 aliphatic carbocycles. The summed E-state index contributed by atoms with van der Waals surface area (Å²) < 4.78 is 11.2. The molecular formula is C18H39NO5S2. The summed E-state index contributed by atoms with van der Waals surface area (Å²) in [6.45, 7) is 15.0. The fourth-order valence-electron chi connectivity index (χ4n) is 2.23. The van der Waals surface area contributed by atoms with E-state index in [1.165, 1.54) is 0 Å². The Kier molecular flexibility index (Phi) is 14.7. The standard InChI is InChI=1S/C18H39NO5S2/c1-17(2,3)15(19-20)7-9-22-11-13-25-26-14-12-23-10-8-16(24-21)18(4,5)6/h15-16,19-21H,7-14H2,1-6H3. The predicted molar refractivity (Wildman–Crippen MR) is 111 cm³/mol. The quantitative estimate of drug-likeness (QED) is 0.157. The number of rotatable bonds is 15. The molecule has 0 spiro atoms. The van der Waals surface area contributed by atoms with Crippen LogP contribution in [0.2, 0.25) is 0 Å². The maximum atomic E-state index is 9.16. The molecule has 2 atom stereocenters. The SMILES string of the molecule is CC(C)(C)C(CCOCCSSCCOCCC(OO)C(C)(C)C)NO. The smallest absolute Gasteiger partial charge is 0.0997 e. The van der Waals surface area contributed by atoms with E-state index < -0.39 is 0 Å². The molecule has 0 aliphatic heterocycles. The Morgan fingerprint density at radius 3 is 1.69 bits per heavy atom. The summed E-state index contributed by atoms with van der Waals surface area (Å²) in [5, 5.41) is 18.1. The molecule has 0 heterocycles. The van der Waals surface area contributed by atoms with E-state index in [0.717, 1.165) is 17.9 Å². The van der Waals surface area contributed by atoms with Crippen LogP contribution in [0.4, 0.5) is 0 Å². The number of nitrogens with one attached hydrogen (secondary N) is 1. The van der Waals surface area contributed by atoms with Crippen molar-refractivity contribution in [3.63, 3.8) is 0 Å². The first-order chi connectivity index (χ1) is 12.1. The zero-order valence-electron chi connectivity index (χ0n) is 17.2. The van der Waals surface area contributed by atoms with Crippen molar-refractivity contribution in [2.75, 3.05) is 37.9 Å². The van der Waals surface area contributed by atoms with Crippen LogP contribution in [0.15, 0.2) is 0 Å². The third-order valence-electron chi connectivity index (χ3n) is 4.07. The second-order valence-electron chi connectivity index (χ2n) is 8.45. The first-order valence-corrected chi connectivity index (χ1v) is 11.7. The van der Waals surface area contributed by atoms with E-state index in [1.807, 2.05) is 20.8 Å². The van der Waals surface area contributed by atoms with Crippen LogP contribution in [0, 0.1) is 10.8 Å². The molecule has 0 saturated heterocycles. The second kappa shape index (κ2) is 14.5. The van der Waals surface area contributed by atoms with Gasteiger partial charge in [-0.2, -0.15) is 0 Å². The van der Waals surface area contributed by atoms with Gasteiger partial charge in [-0.15, -0.1) is 0 Å². The first kappa shape index (κ1) is 26.5. The van der Waals surface area contributed by atoms with Crippen molar-refractivity contribution in [1.29, 1.82) is 0 Å². The van der Waals surface area contributed by atoms with Crippen molar-refractivity contribution < 1.29 is 24.8 Å². The summed E-state index contributed by atoms with van der Waals surface area (Å²) in [6.07, 6.45) is 1.27. The third kappa shape index (κ3) is 13.6. The van der Waals surface area contributed by atoms with Gasteiger partial charge in [0.2, 0.25) is 0 Å². The number of hydrogen-bond donors (Lipinski definition) is 3. The number of hydrogen-bond acceptors (Lipinski definition) is 8. The average Bonchev–Trinajstić information content (AvgIpc) is 2.53. The van der Waals surface area contributed by atoms with Crippen molar-refractivity contribution in [1.82, 2.24) is 5.48 Å².